The Kier molecular flexibility index (Phi) is 6.09. The zero-order chi connectivity index (χ0) is 22.1. The van der Waals surface area contributed by atoms with Gasteiger partial charge < -0.3 is 15.0 Å². The van der Waals surface area contributed by atoms with Gasteiger partial charge in [0.1, 0.15) is 0 Å². The predicted molar refractivity (Wildman–Crippen MR) is 117 cm³/mol. The number of amides is 2. The lowest BCUT2D eigenvalue weighted by molar-refractivity contribution is -0.119. The molecule has 2 amide bonds. The van der Waals surface area contributed by atoms with Crippen LogP contribution in [-0.4, -0.2) is 46.5 Å². The van der Waals surface area contributed by atoms with E-state index in [0.29, 0.717) is 28.7 Å². The van der Waals surface area contributed by atoms with Crippen LogP contribution in [0.5, 0.6) is 6.01 Å². The minimum Gasteiger partial charge on any atom is -0.467 e. The van der Waals surface area contributed by atoms with E-state index in [4.69, 9.17) is 16.3 Å². The maximum Gasteiger partial charge on any atom is 0.316 e. The van der Waals surface area contributed by atoms with Gasteiger partial charge in [-0.1, -0.05) is 11.6 Å². The molecule has 1 unspecified atom stereocenters. The van der Waals surface area contributed by atoms with Crippen molar-refractivity contribution in [2.24, 2.45) is 5.92 Å². The van der Waals surface area contributed by atoms with Gasteiger partial charge >= 0.3 is 6.01 Å². The van der Waals surface area contributed by atoms with Gasteiger partial charge in [-0.3, -0.25) is 14.6 Å². The van der Waals surface area contributed by atoms with Crippen molar-refractivity contribution in [2.75, 3.05) is 18.6 Å². The molecule has 164 valence electrons. The summed E-state index contributed by atoms with van der Waals surface area (Å²) in [5.74, 6) is -0.0135. The van der Waals surface area contributed by atoms with Crippen LogP contribution in [0.1, 0.15) is 60.3 Å². The van der Waals surface area contributed by atoms with Gasteiger partial charge in [-0.25, -0.2) is 4.98 Å². The smallest absolute Gasteiger partial charge is 0.316 e. The first-order chi connectivity index (χ1) is 14.9. The number of aryl methyl sites for hydroxylation is 1. The normalized spacial score (nSPS) is 22.9. The van der Waals surface area contributed by atoms with Crippen molar-refractivity contribution in [1.29, 1.82) is 0 Å². The highest BCUT2D eigenvalue weighted by atomic mass is 35.5. The lowest BCUT2D eigenvalue weighted by Gasteiger charge is -2.32. The first-order valence-electron chi connectivity index (χ1n) is 10.5. The molecule has 0 aromatic carbocycles. The molecule has 1 N–H and O–H groups in total. The molecule has 1 atom stereocenters. The fourth-order valence-corrected chi connectivity index (χ4v) is 4.56. The highest BCUT2D eigenvalue weighted by molar-refractivity contribution is 6.30. The van der Waals surface area contributed by atoms with Crippen LogP contribution in [-0.2, 0) is 4.79 Å². The van der Waals surface area contributed by atoms with Gasteiger partial charge in [-0.2, -0.15) is 4.98 Å². The number of nitrogens with one attached hydrogen (secondary N) is 1. The van der Waals surface area contributed by atoms with Crippen LogP contribution >= 0.6 is 11.6 Å². The van der Waals surface area contributed by atoms with Crippen LogP contribution in [0.25, 0.3) is 0 Å². The monoisotopic (exact) mass is 443 g/mol. The van der Waals surface area contributed by atoms with E-state index in [0.717, 1.165) is 37.1 Å². The van der Waals surface area contributed by atoms with Gasteiger partial charge in [0.25, 0.3) is 5.91 Å². The molecule has 0 saturated heterocycles. The zero-order valence-electron chi connectivity index (χ0n) is 17.9. The molecule has 1 aliphatic carbocycles. The molecule has 31 heavy (non-hydrogen) atoms. The molecular weight excluding hydrogens is 418 g/mol. The molecule has 0 radical (unpaired) electrons. The number of halogens is 1. The number of carbonyl (C=O) groups is 2. The van der Waals surface area contributed by atoms with E-state index < -0.39 is 0 Å². The number of hydrogen-bond donors (Lipinski definition) is 1. The molecule has 3 heterocycles. The van der Waals surface area contributed by atoms with Gasteiger partial charge in [0.05, 0.1) is 46.9 Å². The maximum atomic E-state index is 12.8. The summed E-state index contributed by atoms with van der Waals surface area (Å²) < 4.78 is 5.10. The highest BCUT2D eigenvalue weighted by Gasteiger charge is 2.38. The SMILES string of the molecule is COc1ncc2c(n1)C(C)C(=O)N2CC1CCC(NC(=O)c2cc(Cl)cnc2C)CC1. The summed E-state index contributed by atoms with van der Waals surface area (Å²) in [7, 11) is 1.52. The van der Waals surface area contributed by atoms with Gasteiger partial charge in [-0.15, -0.1) is 0 Å². The molecule has 2 aliphatic rings. The summed E-state index contributed by atoms with van der Waals surface area (Å²) in [5, 5.41) is 3.56. The number of rotatable bonds is 5. The maximum absolute atomic E-state index is 12.8. The summed E-state index contributed by atoms with van der Waals surface area (Å²) in [5.41, 5.74) is 2.68. The van der Waals surface area contributed by atoms with E-state index in [9.17, 15) is 9.59 Å². The second-order valence-corrected chi connectivity index (χ2v) is 8.71. The Labute approximate surface area is 186 Å². The third kappa shape index (κ3) is 4.35. The Morgan fingerprint density at radius 2 is 2.00 bits per heavy atom. The Bertz CT molecular complexity index is 1010. The number of pyridine rings is 1. The van der Waals surface area contributed by atoms with Crippen LogP contribution in [0, 0.1) is 12.8 Å². The summed E-state index contributed by atoms with van der Waals surface area (Å²) >= 11 is 5.99. The van der Waals surface area contributed by atoms with Crippen molar-refractivity contribution in [3.8, 4) is 6.01 Å². The van der Waals surface area contributed by atoms with Crippen LogP contribution in [0.15, 0.2) is 18.5 Å². The van der Waals surface area contributed by atoms with Crippen LogP contribution in [0.3, 0.4) is 0 Å². The molecule has 0 spiro atoms. The number of methoxy groups -OCH3 is 1. The summed E-state index contributed by atoms with van der Waals surface area (Å²) in [6.07, 6.45) is 6.82. The molecule has 1 fully saturated rings. The molecule has 1 saturated carbocycles. The summed E-state index contributed by atoms with van der Waals surface area (Å²) in [6.45, 7) is 4.31. The van der Waals surface area contributed by atoms with Crippen LogP contribution in [0.4, 0.5) is 5.69 Å². The van der Waals surface area contributed by atoms with Gasteiger partial charge in [-0.05, 0) is 51.5 Å². The minimum atomic E-state index is -0.294. The van der Waals surface area contributed by atoms with Crippen LogP contribution in [0.2, 0.25) is 5.02 Å². The number of fused-ring (bicyclic) bond motifs is 1. The lowest BCUT2D eigenvalue weighted by Crippen LogP contribution is -2.40. The molecule has 0 bridgehead atoms. The molecule has 9 heteroatoms. The first kappa shape index (κ1) is 21.5. The van der Waals surface area contributed by atoms with E-state index in [2.05, 4.69) is 20.3 Å². The van der Waals surface area contributed by atoms with Crippen molar-refractivity contribution in [1.82, 2.24) is 20.3 Å². The van der Waals surface area contributed by atoms with Crippen molar-refractivity contribution >= 4 is 29.1 Å². The van der Waals surface area contributed by atoms with Gasteiger partial charge in [0.15, 0.2) is 0 Å². The molecule has 1 aliphatic heterocycles. The number of nitrogens with zero attached hydrogens (tertiary/aromatic N) is 4. The van der Waals surface area contributed by atoms with Crippen molar-refractivity contribution in [3.63, 3.8) is 0 Å². The molecular formula is C22H26ClN5O3. The van der Waals surface area contributed by atoms with Crippen molar-refractivity contribution < 1.29 is 14.3 Å². The van der Waals surface area contributed by atoms with Crippen LogP contribution < -0.4 is 15.0 Å². The third-order valence-electron chi connectivity index (χ3n) is 6.22. The Balaban J connectivity index is 1.35. The average molecular weight is 444 g/mol. The number of hydrogen-bond acceptors (Lipinski definition) is 6. The predicted octanol–water partition coefficient (Wildman–Crippen LogP) is 3.28. The standard InChI is InChI=1S/C22H26ClN5O3/c1-12-19-18(10-25-22(27-19)31-3)28(21(12)30)11-14-4-6-16(7-5-14)26-20(29)17-8-15(23)9-24-13(17)2/h8-10,12,14,16H,4-7,11H2,1-3H3,(H,26,29). The number of anilines is 1. The third-order valence-corrected chi connectivity index (χ3v) is 6.42. The molecule has 2 aromatic heterocycles. The fraction of sp³-hybridized carbons (Fsp3) is 0.500. The van der Waals surface area contributed by atoms with E-state index >= 15 is 0 Å². The second-order valence-electron chi connectivity index (χ2n) is 8.28. The quantitative estimate of drug-likeness (QED) is 0.761. The number of aromatic nitrogens is 3. The van der Waals surface area contributed by atoms with Crippen molar-refractivity contribution in [2.45, 2.75) is 51.5 Å². The largest absolute Gasteiger partial charge is 0.467 e. The highest BCUT2D eigenvalue weighted by Crippen LogP contribution is 2.38. The lowest BCUT2D eigenvalue weighted by atomic mass is 9.85. The van der Waals surface area contributed by atoms with Gasteiger partial charge in [0, 0.05) is 18.8 Å². The Hall–Kier alpha value is -2.74. The molecule has 2 aromatic rings. The second kappa shape index (κ2) is 8.78. The number of carbonyl (C=O) groups excluding carboxylic acids is 2. The number of ether oxygens (including phenoxy) is 1. The van der Waals surface area contributed by atoms with E-state index in [1.165, 1.54) is 7.11 Å². The topological polar surface area (TPSA) is 97.3 Å². The van der Waals surface area contributed by atoms with E-state index in [1.807, 2.05) is 11.8 Å². The molecule has 8 nitrogen and oxygen atoms in total. The first-order valence-corrected chi connectivity index (χ1v) is 10.9. The average Bonchev–Trinajstić information content (AvgIpc) is 3.01. The fourth-order valence-electron chi connectivity index (χ4n) is 4.40. The van der Waals surface area contributed by atoms with E-state index in [-0.39, 0.29) is 29.8 Å². The minimum absolute atomic E-state index is 0.0527. The van der Waals surface area contributed by atoms with Gasteiger partial charge in [0.2, 0.25) is 5.91 Å². The summed E-state index contributed by atoms with van der Waals surface area (Å²) in [6, 6.07) is 2.04. The Morgan fingerprint density at radius 3 is 2.71 bits per heavy atom. The summed E-state index contributed by atoms with van der Waals surface area (Å²) in [4.78, 5) is 40.0. The zero-order valence-corrected chi connectivity index (χ0v) is 18.6. The van der Waals surface area contributed by atoms with Crippen molar-refractivity contribution in [3.05, 3.63) is 40.4 Å². The Morgan fingerprint density at radius 1 is 1.26 bits per heavy atom. The van der Waals surface area contributed by atoms with E-state index in [1.54, 1.807) is 25.4 Å². The molecule has 4 rings (SSSR count).